The summed E-state index contributed by atoms with van der Waals surface area (Å²) in [4.78, 5) is 27.0. The van der Waals surface area contributed by atoms with E-state index in [4.69, 9.17) is 27.9 Å². The molecule has 2 N–H and O–H groups in total. The highest BCUT2D eigenvalue weighted by Crippen LogP contribution is 2.47. The van der Waals surface area contributed by atoms with Crippen molar-refractivity contribution < 1.29 is 19.4 Å². The zero-order chi connectivity index (χ0) is 24.2. The van der Waals surface area contributed by atoms with Crippen molar-refractivity contribution in [3.63, 3.8) is 0 Å². The number of carbonyl (C=O) groups is 2. The van der Waals surface area contributed by atoms with Crippen molar-refractivity contribution in [2.24, 2.45) is 0 Å². The molecule has 4 rings (SSSR count). The van der Waals surface area contributed by atoms with E-state index in [1.54, 1.807) is 35.2 Å². The molecule has 0 spiro atoms. The first kappa shape index (κ1) is 24.1. The van der Waals surface area contributed by atoms with Crippen LogP contribution in [0.4, 0.5) is 0 Å². The normalized spacial score (nSPS) is 21.4. The van der Waals surface area contributed by atoms with Gasteiger partial charge in [0.1, 0.15) is 12.2 Å². The van der Waals surface area contributed by atoms with Crippen LogP contribution in [-0.4, -0.2) is 48.6 Å². The first-order valence-electron chi connectivity index (χ1n) is 10.8. The number of hydrogen-bond acceptors (Lipinski definition) is 6. The summed E-state index contributed by atoms with van der Waals surface area (Å²) < 4.78 is 6.20. The number of tetrazole rings is 1. The molecule has 1 amide bonds. The Balaban J connectivity index is 1.90. The Morgan fingerprint density at radius 1 is 1.18 bits per heavy atom. The summed E-state index contributed by atoms with van der Waals surface area (Å²) >= 11 is 12.4. The molecular formula is C23H23Cl2N5O4. The fourth-order valence-corrected chi connectivity index (χ4v) is 4.65. The van der Waals surface area contributed by atoms with E-state index in [2.05, 4.69) is 20.6 Å². The van der Waals surface area contributed by atoms with Crippen molar-refractivity contribution in [3.8, 4) is 0 Å². The smallest absolute Gasteiger partial charge is 0.306 e. The van der Waals surface area contributed by atoms with E-state index in [0.717, 1.165) is 12.0 Å². The van der Waals surface area contributed by atoms with Gasteiger partial charge < -0.3 is 14.7 Å². The number of halogens is 2. The van der Waals surface area contributed by atoms with Gasteiger partial charge in [-0.25, -0.2) is 5.10 Å². The molecular weight excluding hydrogens is 481 g/mol. The van der Waals surface area contributed by atoms with Crippen molar-refractivity contribution in [2.45, 2.75) is 50.5 Å². The van der Waals surface area contributed by atoms with Gasteiger partial charge in [0.2, 0.25) is 0 Å². The topological polar surface area (TPSA) is 121 Å². The number of carbonyl (C=O) groups excluding carboxylic acids is 1. The lowest BCUT2D eigenvalue weighted by Gasteiger charge is -2.47. The number of nitrogens with zero attached hydrogens (tertiary/aromatic N) is 4. The van der Waals surface area contributed by atoms with Crippen LogP contribution < -0.4 is 0 Å². The molecule has 9 nitrogen and oxygen atoms in total. The van der Waals surface area contributed by atoms with Crippen molar-refractivity contribution in [1.82, 2.24) is 25.5 Å². The molecule has 1 aliphatic heterocycles. The number of amides is 1. The SMILES string of the molecule is CCC[C@H](c1nnn[nH]1)N1C(=O)[C@@H](CC(=O)O)O[C@H](c2cccc(Cl)c2)[C@@H]1c1ccc(Cl)cc1. The maximum absolute atomic E-state index is 13.8. The van der Waals surface area contributed by atoms with E-state index in [0.29, 0.717) is 27.9 Å². The third-order valence-electron chi connectivity index (χ3n) is 5.75. The van der Waals surface area contributed by atoms with Gasteiger partial charge in [-0.15, -0.1) is 5.10 Å². The summed E-state index contributed by atoms with van der Waals surface area (Å²) in [6, 6.07) is 13.1. The van der Waals surface area contributed by atoms with Gasteiger partial charge >= 0.3 is 5.97 Å². The molecule has 0 bridgehead atoms. The van der Waals surface area contributed by atoms with Crippen molar-refractivity contribution in [1.29, 1.82) is 0 Å². The number of hydrogen-bond donors (Lipinski definition) is 2. The van der Waals surface area contributed by atoms with E-state index < -0.39 is 42.6 Å². The number of nitrogens with one attached hydrogen (secondary N) is 1. The van der Waals surface area contributed by atoms with Gasteiger partial charge in [-0.05, 0) is 52.2 Å². The van der Waals surface area contributed by atoms with Crippen LogP contribution in [-0.2, 0) is 14.3 Å². The lowest BCUT2D eigenvalue weighted by atomic mass is 9.89. The molecule has 2 aromatic carbocycles. The molecule has 1 aliphatic rings. The highest BCUT2D eigenvalue weighted by molar-refractivity contribution is 6.30. The third kappa shape index (κ3) is 5.06. The average Bonchev–Trinajstić information content (AvgIpc) is 3.34. The molecule has 1 saturated heterocycles. The summed E-state index contributed by atoms with van der Waals surface area (Å²) in [7, 11) is 0. The fourth-order valence-electron chi connectivity index (χ4n) is 4.33. The summed E-state index contributed by atoms with van der Waals surface area (Å²) in [5.41, 5.74) is 1.48. The van der Waals surface area contributed by atoms with Crippen LogP contribution in [0.5, 0.6) is 0 Å². The van der Waals surface area contributed by atoms with Crippen LogP contribution in [0.3, 0.4) is 0 Å². The molecule has 1 fully saturated rings. The quantitative estimate of drug-likeness (QED) is 0.462. The van der Waals surface area contributed by atoms with Gasteiger partial charge in [0.05, 0.1) is 18.5 Å². The molecule has 1 aromatic heterocycles. The van der Waals surface area contributed by atoms with Gasteiger partial charge in [-0.2, -0.15) is 0 Å². The van der Waals surface area contributed by atoms with Crippen LogP contribution >= 0.6 is 23.2 Å². The van der Waals surface area contributed by atoms with Crippen molar-refractivity contribution in [2.75, 3.05) is 0 Å². The number of aromatic amines is 1. The highest BCUT2D eigenvalue weighted by Gasteiger charge is 2.48. The number of rotatable bonds is 8. The van der Waals surface area contributed by atoms with Gasteiger partial charge in [-0.1, -0.05) is 60.8 Å². The van der Waals surface area contributed by atoms with E-state index in [1.165, 1.54) is 0 Å². The van der Waals surface area contributed by atoms with E-state index in [9.17, 15) is 14.7 Å². The lowest BCUT2D eigenvalue weighted by Crippen LogP contribution is -2.52. The largest absolute Gasteiger partial charge is 0.481 e. The second kappa shape index (κ2) is 10.5. The van der Waals surface area contributed by atoms with E-state index in [1.807, 2.05) is 25.1 Å². The molecule has 0 saturated carbocycles. The first-order chi connectivity index (χ1) is 16.4. The predicted molar refractivity (Wildman–Crippen MR) is 124 cm³/mol. The fraction of sp³-hybridized carbons (Fsp3) is 0.348. The minimum atomic E-state index is -1.19. The van der Waals surface area contributed by atoms with Crippen LogP contribution in [0.1, 0.15) is 61.3 Å². The minimum Gasteiger partial charge on any atom is -0.481 e. The number of ether oxygens (including phenoxy) is 1. The molecule has 4 atom stereocenters. The molecule has 0 unspecified atom stereocenters. The highest BCUT2D eigenvalue weighted by atomic mass is 35.5. The number of carboxylic acids is 1. The molecule has 2 heterocycles. The standard InChI is InChI=1S/C23H23Cl2N5O4/c1-2-4-17(22-26-28-29-27-22)30-20(13-7-9-15(24)10-8-13)21(14-5-3-6-16(25)11-14)34-18(23(30)33)12-19(31)32/h3,5-11,17-18,20-21H,2,4,12H2,1H3,(H,31,32)(H,26,27,28,29)/t17-,18-,20+,21-/m1/s1. The first-order valence-corrected chi connectivity index (χ1v) is 11.6. The van der Waals surface area contributed by atoms with Gasteiger partial charge in [0.15, 0.2) is 5.82 Å². The third-order valence-corrected chi connectivity index (χ3v) is 6.24. The van der Waals surface area contributed by atoms with E-state index >= 15 is 0 Å². The summed E-state index contributed by atoms with van der Waals surface area (Å²) in [5.74, 6) is -1.17. The predicted octanol–water partition coefficient (Wildman–Crippen LogP) is 4.53. The van der Waals surface area contributed by atoms with Crippen LogP contribution in [0, 0.1) is 0 Å². The maximum atomic E-state index is 13.8. The molecule has 3 aromatic rings. The Kier molecular flexibility index (Phi) is 7.45. The lowest BCUT2D eigenvalue weighted by molar-refractivity contribution is -0.184. The summed E-state index contributed by atoms with van der Waals surface area (Å²) in [5, 5.41) is 24.8. The number of benzene rings is 2. The molecule has 34 heavy (non-hydrogen) atoms. The monoisotopic (exact) mass is 503 g/mol. The van der Waals surface area contributed by atoms with Gasteiger partial charge in [0, 0.05) is 10.0 Å². The van der Waals surface area contributed by atoms with Gasteiger partial charge in [-0.3, -0.25) is 9.59 Å². The molecule has 0 radical (unpaired) electrons. The Labute approximate surface area is 206 Å². The number of aromatic nitrogens is 4. The molecule has 11 heteroatoms. The summed E-state index contributed by atoms with van der Waals surface area (Å²) in [6.45, 7) is 1.99. The number of aliphatic carboxylic acids is 1. The van der Waals surface area contributed by atoms with Crippen LogP contribution in [0.2, 0.25) is 10.0 Å². The Morgan fingerprint density at radius 3 is 2.56 bits per heavy atom. The zero-order valence-electron chi connectivity index (χ0n) is 18.3. The van der Waals surface area contributed by atoms with Crippen molar-refractivity contribution in [3.05, 3.63) is 75.5 Å². The van der Waals surface area contributed by atoms with Crippen molar-refractivity contribution >= 4 is 35.1 Å². The van der Waals surface area contributed by atoms with Crippen LogP contribution in [0.25, 0.3) is 0 Å². The Hall–Kier alpha value is -3.01. The van der Waals surface area contributed by atoms with Gasteiger partial charge in [0.25, 0.3) is 5.91 Å². The second-order valence-corrected chi connectivity index (χ2v) is 8.90. The second-order valence-electron chi connectivity index (χ2n) is 8.03. The molecule has 178 valence electrons. The minimum absolute atomic E-state index is 0.412. The van der Waals surface area contributed by atoms with Crippen LogP contribution in [0.15, 0.2) is 48.5 Å². The summed E-state index contributed by atoms with van der Waals surface area (Å²) in [6.07, 6.45) is -1.09. The maximum Gasteiger partial charge on any atom is 0.306 e. The average molecular weight is 504 g/mol. The Morgan fingerprint density at radius 2 is 1.94 bits per heavy atom. The molecule has 0 aliphatic carbocycles. The van der Waals surface area contributed by atoms with E-state index in [-0.39, 0.29) is 0 Å². The zero-order valence-corrected chi connectivity index (χ0v) is 19.8. The number of carboxylic acid groups (broad SMARTS) is 1. The number of morpholine rings is 1. The number of H-pyrrole nitrogens is 1. The Bertz CT molecular complexity index is 1140.